The molecule has 2 atom stereocenters. The summed E-state index contributed by atoms with van der Waals surface area (Å²) in [5, 5.41) is 24.0. The maximum atomic E-state index is 14.9. The van der Waals surface area contributed by atoms with E-state index >= 15 is 0 Å². The van der Waals surface area contributed by atoms with Crippen LogP contribution in [0.15, 0.2) is 10.5 Å². The number of anilines is 1. The van der Waals surface area contributed by atoms with Gasteiger partial charge in [0.25, 0.3) is 0 Å². The summed E-state index contributed by atoms with van der Waals surface area (Å²) in [6.45, 7) is 5.55. The number of nitriles is 1. The molecule has 1 N–H and O–H groups in total. The van der Waals surface area contributed by atoms with E-state index in [0.29, 0.717) is 16.4 Å². The van der Waals surface area contributed by atoms with Crippen LogP contribution in [0.1, 0.15) is 40.0 Å². The second kappa shape index (κ2) is 10.3. The van der Waals surface area contributed by atoms with Gasteiger partial charge in [-0.2, -0.15) is 5.26 Å². The summed E-state index contributed by atoms with van der Waals surface area (Å²) in [6.07, 6.45) is 0.310. The molecule has 1 aliphatic heterocycles. The summed E-state index contributed by atoms with van der Waals surface area (Å²) in [5.74, 6) is -0.677. The van der Waals surface area contributed by atoms with E-state index in [1.54, 1.807) is 26.8 Å². The minimum absolute atomic E-state index is 0.0516. The average Bonchev–Trinajstić information content (AvgIpc) is 2.72. The van der Waals surface area contributed by atoms with Gasteiger partial charge in [0, 0.05) is 27.6 Å². The third-order valence-corrected chi connectivity index (χ3v) is 7.88. The van der Waals surface area contributed by atoms with Crippen molar-refractivity contribution in [1.82, 2.24) is 9.88 Å². The van der Waals surface area contributed by atoms with Gasteiger partial charge in [-0.1, -0.05) is 11.6 Å². The van der Waals surface area contributed by atoms with Crippen LogP contribution in [0.25, 0.3) is 10.9 Å². The largest absolute Gasteiger partial charge is 0.444 e. The summed E-state index contributed by atoms with van der Waals surface area (Å²) in [7, 11) is 0. The molecular weight excluding hydrogens is 648 g/mol. The van der Waals surface area contributed by atoms with Crippen LogP contribution in [0.2, 0.25) is 5.15 Å². The average molecular weight is 669 g/mol. The topological polar surface area (TPSA) is 121 Å². The zero-order valence-corrected chi connectivity index (χ0v) is 23.0. The quantitative estimate of drug-likeness (QED) is 0.132. The molecule has 1 amide bonds. The van der Waals surface area contributed by atoms with Crippen LogP contribution in [0, 0.1) is 30.8 Å². The number of likely N-dealkylation sites (tertiary alicyclic amines) is 1. The number of piperidine rings is 1. The predicted molar refractivity (Wildman–Crippen MR) is 137 cm³/mol. The number of halogens is 4. The molecule has 182 valence electrons. The number of carbonyl (C=O) groups excluding carboxylic acids is 1. The van der Waals surface area contributed by atoms with E-state index in [9.17, 15) is 24.6 Å². The van der Waals surface area contributed by atoms with Gasteiger partial charge in [-0.05, 0) is 78.2 Å². The summed E-state index contributed by atoms with van der Waals surface area (Å²) >= 11 is 11.2. The summed E-state index contributed by atoms with van der Waals surface area (Å²) < 4.78 is 21.1. The summed E-state index contributed by atoms with van der Waals surface area (Å²) in [4.78, 5) is 29.3. The number of amides is 1. The molecule has 0 saturated carbocycles. The van der Waals surface area contributed by atoms with Crippen LogP contribution in [-0.4, -0.2) is 45.1 Å². The smallest absolute Gasteiger partial charge is 0.410 e. The first-order valence-electron chi connectivity index (χ1n) is 10.3. The van der Waals surface area contributed by atoms with Crippen molar-refractivity contribution in [2.45, 2.75) is 57.7 Å². The van der Waals surface area contributed by atoms with Crippen molar-refractivity contribution in [3.63, 3.8) is 0 Å². The standard InChI is InChI=1S/C21H21BrClFIN5O4/c1-21(2,3)34-20(31)29-7-5-10(8-11(29)4-6-26)27-17-12-9-13(25)14(22)15(24)16(12)28-19(23)18(17)30(32)33/h9-11H,4-5,7-8H2,1-3H3,(H,27,28). The van der Waals surface area contributed by atoms with Gasteiger partial charge in [0.2, 0.25) is 5.15 Å². The maximum absolute atomic E-state index is 14.9. The Morgan fingerprint density at radius 2 is 2.24 bits per heavy atom. The first kappa shape index (κ1) is 26.6. The second-order valence-electron chi connectivity index (χ2n) is 8.82. The normalized spacial score (nSPS) is 18.5. The highest BCUT2D eigenvalue weighted by atomic mass is 127. The van der Waals surface area contributed by atoms with E-state index in [-0.39, 0.29) is 40.1 Å². The Morgan fingerprint density at radius 3 is 2.82 bits per heavy atom. The molecular formula is C21H21BrClFIN5O4. The number of fused-ring (bicyclic) bond motifs is 1. The van der Waals surface area contributed by atoms with Crippen molar-refractivity contribution in [3.8, 4) is 6.07 Å². The highest BCUT2D eigenvalue weighted by Crippen LogP contribution is 2.42. The number of hydrogen-bond acceptors (Lipinski definition) is 7. The Balaban J connectivity index is 1.99. The molecule has 2 unspecified atom stereocenters. The first-order chi connectivity index (χ1) is 15.8. The lowest BCUT2D eigenvalue weighted by Gasteiger charge is -2.39. The van der Waals surface area contributed by atoms with Crippen LogP contribution in [0.5, 0.6) is 0 Å². The lowest BCUT2D eigenvalue weighted by Crippen LogP contribution is -2.50. The minimum Gasteiger partial charge on any atom is -0.444 e. The van der Waals surface area contributed by atoms with Crippen molar-refractivity contribution in [2.24, 2.45) is 0 Å². The van der Waals surface area contributed by atoms with Gasteiger partial charge in [-0.3, -0.25) is 10.1 Å². The molecule has 2 heterocycles. The third-order valence-electron chi connectivity index (χ3n) is 5.25. The number of pyridine rings is 1. The predicted octanol–water partition coefficient (Wildman–Crippen LogP) is 6.40. The Labute approximate surface area is 222 Å². The van der Waals surface area contributed by atoms with Crippen LogP contribution in [0.3, 0.4) is 0 Å². The molecule has 1 saturated heterocycles. The van der Waals surface area contributed by atoms with Crippen LogP contribution in [0.4, 0.5) is 20.6 Å². The number of nitro groups is 1. The lowest BCUT2D eigenvalue weighted by molar-refractivity contribution is -0.384. The van der Waals surface area contributed by atoms with E-state index < -0.39 is 39.3 Å². The van der Waals surface area contributed by atoms with E-state index in [4.69, 9.17) is 16.3 Å². The summed E-state index contributed by atoms with van der Waals surface area (Å²) in [6, 6.07) is 2.87. The molecule has 1 aromatic heterocycles. The van der Waals surface area contributed by atoms with Crippen molar-refractivity contribution in [1.29, 1.82) is 5.26 Å². The van der Waals surface area contributed by atoms with E-state index in [1.807, 2.05) is 22.6 Å². The SMILES string of the molecule is CC(C)(C)OC(=O)N1CCC(Nc2c([N+](=O)[O-])c(Cl)nc3c(F)c(Br)c(I)cc23)CC1CC#N. The summed E-state index contributed by atoms with van der Waals surface area (Å²) in [5.41, 5.74) is -1.20. The monoisotopic (exact) mass is 667 g/mol. The van der Waals surface area contributed by atoms with Crippen LogP contribution >= 0.6 is 50.1 Å². The Kier molecular flexibility index (Phi) is 8.09. The molecule has 1 fully saturated rings. The molecule has 2 aromatic rings. The van der Waals surface area contributed by atoms with Gasteiger partial charge in [-0.25, -0.2) is 14.2 Å². The molecule has 13 heteroatoms. The number of nitrogens with one attached hydrogen (secondary N) is 1. The number of nitrogens with zero attached hydrogens (tertiary/aromatic N) is 4. The zero-order chi connectivity index (χ0) is 25.4. The van der Waals surface area contributed by atoms with E-state index in [0.717, 1.165) is 0 Å². The highest BCUT2D eigenvalue weighted by Gasteiger charge is 2.36. The minimum atomic E-state index is -0.688. The molecule has 0 aliphatic carbocycles. The molecule has 34 heavy (non-hydrogen) atoms. The van der Waals surface area contributed by atoms with Crippen LogP contribution < -0.4 is 5.32 Å². The lowest BCUT2D eigenvalue weighted by atomic mass is 9.95. The Hall–Kier alpha value is -1.98. The van der Waals surface area contributed by atoms with Gasteiger partial charge in [0.15, 0.2) is 5.82 Å². The van der Waals surface area contributed by atoms with Gasteiger partial charge >= 0.3 is 11.8 Å². The fraction of sp³-hybridized carbons (Fsp3) is 0.476. The van der Waals surface area contributed by atoms with E-state index in [1.165, 1.54) is 4.90 Å². The molecule has 0 bridgehead atoms. The van der Waals surface area contributed by atoms with Gasteiger partial charge in [-0.15, -0.1) is 0 Å². The molecule has 0 spiro atoms. The zero-order valence-electron chi connectivity index (χ0n) is 18.5. The Bertz CT molecular complexity index is 1200. The van der Waals surface area contributed by atoms with Crippen LogP contribution in [-0.2, 0) is 4.74 Å². The number of rotatable bonds is 4. The molecule has 1 aliphatic rings. The van der Waals surface area contributed by atoms with E-state index in [2.05, 4.69) is 32.3 Å². The molecule has 9 nitrogen and oxygen atoms in total. The maximum Gasteiger partial charge on any atom is 0.410 e. The molecule has 0 radical (unpaired) electrons. The molecule has 1 aromatic carbocycles. The highest BCUT2D eigenvalue weighted by molar-refractivity contribution is 14.1. The second-order valence-corrected chi connectivity index (χ2v) is 11.1. The third kappa shape index (κ3) is 5.63. The number of benzene rings is 1. The number of carbonyl (C=O) groups is 1. The Morgan fingerprint density at radius 1 is 1.56 bits per heavy atom. The van der Waals surface area contributed by atoms with Crippen molar-refractivity contribution >= 4 is 78.5 Å². The fourth-order valence-corrected chi connectivity index (χ4v) is 4.92. The van der Waals surface area contributed by atoms with Crippen molar-refractivity contribution in [2.75, 3.05) is 11.9 Å². The van der Waals surface area contributed by atoms with Gasteiger partial charge in [0.05, 0.1) is 21.9 Å². The molecule has 3 rings (SSSR count). The number of hydrogen-bond donors (Lipinski definition) is 1. The van der Waals surface area contributed by atoms with Crippen molar-refractivity contribution in [3.05, 3.63) is 35.2 Å². The first-order valence-corrected chi connectivity index (χ1v) is 12.5. The van der Waals surface area contributed by atoms with Crippen molar-refractivity contribution < 1.29 is 18.8 Å². The number of aromatic nitrogens is 1. The van der Waals surface area contributed by atoms with Gasteiger partial charge < -0.3 is 15.0 Å². The van der Waals surface area contributed by atoms with Gasteiger partial charge in [0.1, 0.15) is 16.8 Å². The fourth-order valence-electron chi connectivity index (χ4n) is 3.83. The number of ether oxygens (including phenoxy) is 1.